The Bertz CT molecular complexity index is 1040. The topological polar surface area (TPSA) is 81.7 Å². The molecule has 0 bridgehead atoms. The van der Waals surface area contributed by atoms with E-state index >= 15 is 0 Å². The van der Waals surface area contributed by atoms with Crippen molar-refractivity contribution < 1.29 is 14.7 Å². The Morgan fingerprint density at radius 2 is 1.66 bits per heavy atom. The minimum absolute atomic E-state index is 0.00709. The van der Waals surface area contributed by atoms with E-state index in [1.807, 2.05) is 48.5 Å². The van der Waals surface area contributed by atoms with E-state index in [0.717, 1.165) is 11.3 Å². The smallest absolute Gasteiger partial charge is 0.257 e. The van der Waals surface area contributed by atoms with Crippen molar-refractivity contribution in [2.45, 2.75) is 12.6 Å². The number of phenols is 1. The van der Waals surface area contributed by atoms with Crippen LogP contribution in [0.25, 0.3) is 0 Å². The molecule has 1 unspecified atom stereocenters. The SMILES string of the molecule is O=C(CCN1C(=O)c2ccccc2NC1c1ccccc1)Nc1ccccc1O. The van der Waals surface area contributed by atoms with Gasteiger partial charge in [0, 0.05) is 18.7 Å². The second-order valence-electron chi connectivity index (χ2n) is 6.82. The summed E-state index contributed by atoms with van der Waals surface area (Å²) in [5.41, 5.74) is 2.66. The predicted molar refractivity (Wildman–Crippen MR) is 112 cm³/mol. The van der Waals surface area contributed by atoms with Crippen LogP contribution in [0.5, 0.6) is 5.75 Å². The molecule has 0 radical (unpaired) electrons. The second kappa shape index (κ2) is 8.06. The number of carbonyl (C=O) groups is 2. The Morgan fingerprint density at radius 3 is 2.45 bits per heavy atom. The number of anilines is 2. The van der Waals surface area contributed by atoms with E-state index in [-0.39, 0.29) is 36.7 Å². The molecule has 1 atom stereocenters. The molecular weight excluding hydrogens is 366 g/mol. The number of hydrogen-bond donors (Lipinski definition) is 3. The molecule has 1 aliphatic rings. The third-order valence-corrected chi connectivity index (χ3v) is 4.90. The molecule has 1 heterocycles. The van der Waals surface area contributed by atoms with Gasteiger partial charge in [-0.3, -0.25) is 9.59 Å². The van der Waals surface area contributed by atoms with Gasteiger partial charge in [0.15, 0.2) is 0 Å². The lowest BCUT2D eigenvalue weighted by molar-refractivity contribution is -0.116. The number of hydrogen-bond acceptors (Lipinski definition) is 4. The van der Waals surface area contributed by atoms with Crippen LogP contribution in [0, 0.1) is 0 Å². The Labute approximate surface area is 168 Å². The fourth-order valence-electron chi connectivity index (χ4n) is 3.44. The summed E-state index contributed by atoms with van der Waals surface area (Å²) in [4.78, 5) is 27.2. The summed E-state index contributed by atoms with van der Waals surface area (Å²) in [6.07, 6.45) is -0.260. The van der Waals surface area contributed by atoms with Crippen molar-refractivity contribution in [3.05, 3.63) is 90.0 Å². The monoisotopic (exact) mass is 387 g/mol. The van der Waals surface area contributed by atoms with Gasteiger partial charge in [-0.2, -0.15) is 0 Å². The average molecular weight is 387 g/mol. The summed E-state index contributed by atoms with van der Waals surface area (Å²) in [6.45, 7) is 0.235. The van der Waals surface area contributed by atoms with Gasteiger partial charge in [-0.15, -0.1) is 0 Å². The maximum Gasteiger partial charge on any atom is 0.257 e. The highest BCUT2D eigenvalue weighted by Crippen LogP contribution is 2.33. The summed E-state index contributed by atoms with van der Waals surface area (Å²) in [7, 11) is 0. The van der Waals surface area contributed by atoms with E-state index in [0.29, 0.717) is 11.3 Å². The van der Waals surface area contributed by atoms with E-state index in [1.54, 1.807) is 29.2 Å². The molecule has 146 valence electrons. The molecule has 0 aliphatic carbocycles. The maximum atomic E-state index is 13.1. The number of phenolic OH excluding ortho intramolecular Hbond substituents is 1. The van der Waals surface area contributed by atoms with Crippen molar-refractivity contribution in [3.63, 3.8) is 0 Å². The lowest BCUT2D eigenvalue weighted by atomic mass is 10.0. The number of carbonyl (C=O) groups excluding carboxylic acids is 2. The average Bonchev–Trinajstić information content (AvgIpc) is 2.75. The van der Waals surface area contributed by atoms with Gasteiger partial charge in [-0.25, -0.2) is 0 Å². The number of fused-ring (bicyclic) bond motifs is 1. The lowest BCUT2D eigenvalue weighted by Crippen LogP contribution is -2.44. The van der Waals surface area contributed by atoms with Gasteiger partial charge >= 0.3 is 0 Å². The van der Waals surface area contributed by atoms with Gasteiger partial charge in [0.1, 0.15) is 11.9 Å². The molecule has 6 heteroatoms. The van der Waals surface area contributed by atoms with Crippen molar-refractivity contribution >= 4 is 23.2 Å². The van der Waals surface area contributed by atoms with Gasteiger partial charge in [-0.05, 0) is 29.8 Å². The number of rotatable bonds is 5. The second-order valence-corrected chi connectivity index (χ2v) is 6.82. The van der Waals surface area contributed by atoms with E-state index in [2.05, 4.69) is 10.6 Å². The van der Waals surface area contributed by atoms with Crippen LogP contribution in [0.2, 0.25) is 0 Å². The number of amides is 2. The van der Waals surface area contributed by atoms with Gasteiger partial charge in [-0.1, -0.05) is 54.6 Å². The number of nitrogens with one attached hydrogen (secondary N) is 2. The first-order valence-corrected chi connectivity index (χ1v) is 9.43. The number of benzene rings is 3. The number of para-hydroxylation sites is 3. The first-order valence-electron chi connectivity index (χ1n) is 9.43. The van der Waals surface area contributed by atoms with Crippen LogP contribution in [0.4, 0.5) is 11.4 Å². The number of nitrogens with zero attached hydrogens (tertiary/aromatic N) is 1. The maximum absolute atomic E-state index is 13.1. The molecule has 0 saturated carbocycles. The molecule has 29 heavy (non-hydrogen) atoms. The van der Waals surface area contributed by atoms with Crippen LogP contribution in [0.1, 0.15) is 28.5 Å². The van der Waals surface area contributed by atoms with Crippen molar-refractivity contribution in [1.29, 1.82) is 0 Å². The van der Waals surface area contributed by atoms with E-state index in [1.165, 1.54) is 6.07 Å². The highest BCUT2D eigenvalue weighted by Gasteiger charge is 2.32. The fraction of sp³-hybridized carbons (Fsp3) is 0.130. The highest BCUT2D eigenvalue weighted by molar-refractivity contribution is 6.02. The minimum Gasteiger partial charge on any atom is -0.506 e. The minimum atomic E-state index is -0.364. The zero-order chi connectivity index (χ0) is 20.2. The van der Waals surface area contributed by atoms with Crippen LogP contribution in [-0.4, -0.2) is 28.4 Å². The molecule has 4 rings (SSSR count). The van der Waals surface area contributed by atoms with Gasteiger partial charge < -0.3 is 20.6 Å². The highest BCUT2D eigenvalue weighted by atomic mass is 16.3. The van der Waals surface area contributed by atoms with Gasteiger partial charge in [0.05, 0.1) is 11.3 Å². The molecule has 3 N–H and O–H groups in total. The lowest BCUT2D eigenvalue weighted by Gasteiger charge is -2.38. The van der Waals surface area contributed by atoms with Gasteiger partial charge in [0.2, 0.25) is 5.91 Å². The summed E-state index contributed by atoms with van der Waals surface area (Å²) < 4.78 is 0. The summed E-state index contributed by atoms with van der Waals surface area (Å²) in [5.74, 6) is -0.388. The van der Waals surface area contributed by atoms with Gasteiger partial charge in [0.25, 0.3) is 5.91 Å². The third kappa shape index (κ3) is 3.91. The van der Waals surface area contributed by atoms with Crippen LogP contribution in [0.3, 0.4) is 0 Å². The summed E-state index contributed by atoms with van der Waals surface area (Å²) in [6, 6.07) is 23.6. The first-order chi connectivity index (χ1) is 14.1. The zero-order valence-electron chi connectivity index (χ0n) is 15.7. The van der Waals surface area contributed by atoms with E-state index < -0.39 is 0 Å². The molecule has 0 fully saturated rings. The van der Waals surface area contributed by atoms with Crippen LogP contribution >= 0.6 is 0 Å². The Kier molecular flexibility index (Phi) is 5.16. The normalized spacial score (nSPS) is 15.4. The molecule has 0 aromatic heterocycles. The molecule has 0 spiro atoms. The Morgan fingerprint density at radius 1 is 0.966 bits per heavy atom. The third-order valence-electron chi connectivity index (χ3n) is 4.90. The van der Waals surface area contributed by atoms with E-state index in [9.17, 15) is 14.7 Å². The van der Waals surface area contributed by atoms with Crippen molar-refractivity contribution in [2.75, 3.05) is 17.2 Å². The van der Waals surface area contributed by atoms with Crippen LogP contribution in [-0.2, 0) is 4.79 Å². The summed E-state index contributed by atoms with van der Waals surface area (Å²) in [5, 5.41) is 15.9. The van der Waals surface area contributed by atoms with E-state index in [4.69, 9.17) is 0 Å². The Hall–Kier alpha value is -3.80. The standard InChI is InChI=1S/C23H21N3O3/c27-20-13-7-6-12-19(20)24-21(28)14-15-26-22(16-8-2-1-3-9-16)25-18-11-5-4-10-17(18)23(26)29/h1-13,22,25,27H,14-15H2,(H,24,28). The zero-order valence-corrected chi connectivity index (χ0v) is 15.7. The van der Waals surface area contributed by atoms with Crippen molar-refractivity contribution in [1.82, 2.24) is 4.90 Å². The Balaban J connectivity index is 1.54. The first kappa shape index (κ1) is 18.6. The molecule has 6 nitrogen and oxygen atoms in total. The molecule has 3 aromatic carbocycles. The van der Waals surface area contributed by atoms with Crippen LogP contribution in [0.15, 0.2) is 78.9 Å². The summed E-state index contributed by atoms with van der Waals surface area (Å²) >= 11 is 0. The fourth-order valence-corrected chi connectivity index (χ4v) is 3.44. The molecule has 0 saturated heterocycles. The van der Waals surface area contributed by atoms with Crippen molar-refractivity contribution in [2.24, 2.45) is 0 Å². The molecule has 3 aromatic rings. The number of aromatic hydroxyl groups is 1. The molecule has 1 aliphatic heterocycles. The predicted octanol–water partition coefficient (Wildman–Crippen LogP) is 3.99. The van der Waals surface area contributed by atoms with Crippen molar-refractivity contribution in [3.8, 4) is 5.75 Å². The van der Waals surface area contributed by atoms with Crippen LogP contribution < -0.4 is 10.6 Å². The quantitative estimate of drug-likeness (QED) is 0.578. The molecular formula is C23H21N3O3. The largest absolute Gasteiger partial charge is 0.506 e. The molecule has 2 amide bonds.